The largest absolute Gasteiger partial charge is 0.482 e. The first-order valence-electron chi connectivity index (χ1n) is 6.68. The summed E-state index contributed by atoms with van der Waals surface area (Å²) in [6.07, 6.45) is 0. The molecule has 2 aromatic rings. The van der Waals surface area contributed by atoms with E-state index in [1.165, 1.54) is 38.1 Å². The van der Waals surface area contributed by atoms with Crippen molar-refractivity contribution in [1.29, 1.82) is 0 Å². The van der Waals surface area contributed by atoms with Gasteiger partial charge in [-0.15, -0.1) is 0 Å². The molecule has 8 heteroatoms. The number of carboxylic acids is 1. The van der Waals surface area contributed by atoms with Crippen LogP contribution in [-0.4, -0.2) is 27.7 Å². The van der Waals surface area contributed by atoms with E-state index in [1.54, 1.807) is 6.07 Å². The lowest BCUT2D eigenvalue weighted by molar-refractivity contribution is -0.143. The minimum atomic E-state index is -1.44. The number of nitrogens with one attached hydrogen (secondary N) is 1. The number of hydrogen-bond acceptors (Lipinski definition) is 5. The highest BCUT2D eigenvalue weighted by Gasteiger charge is 2.30. The number of carbonyl (C=O) groups excluding carboxylic acids is 1. The standard InChI is InChI=1S/C15H15FN2O5/c1-15(2,14(20)21)17-13(19)11-7-9(23-18-11)8-22-12-6-4-3-5-10(12)16/h3-7H,8H2,1-2H3,(H,17,19)(H,20,21). The number of halogens is 1. The van der Waals surface area contributed by atoms with Crippen molar-refractivity contribution in [1.82, 2.24) is 10.5 Å². The maximum absolute atomic E-state index is 13.4. The summed E-state index contributed by atoms with van der Waals surface area (Å²) >= 11 is 0. The lowest BCUT2D eigenvalue weighted by atomic mass is 10.1. The van der Waals surface area contributed by atoms with Gasteiger partial charge in [0.05, 0.1) is 0 Å². The molecule has 1 heterocycles. The van der Waals surface area contributed by atoms with Crippen LogP contribution in [-0.2, 0) is 11.4 Å². The quantitative estimate of drug-likeness (QED) is 0.843. The molecular weight excluding hydrogens is 307 g/mol. The van der Waals surface area contributed by atoms with E-state index in [1.807, 2.05) is 0 Å². The summed E-state index contributed by atoms with van der Waals surface area (Å²) in [4.78, 5) is 22.9. The molecule has 0 atom stereocenters. The Bertz CT molecular complexity index is 726. The molecule has 0 spiro atoms. The van der Waals surface area contributed by atoms with E-state index in [9.17, 15) is 14.0 Å². The van der Waals surface area contributed by atoms with Crippen LogP contribution in [0.5, 0.6) is 5.75 Å². The number of hydrogen-bond donors (Lipinski definition) is 2. The molecule has 0 aliphatic carbocycles. The lowest BCUT2D eigenvalue weighted by Crippen LogP contribution is -2.49. The number of carboxylic acid groups (broad SMARTS) is 1. The first-order chi connectivity index (χ1) is 10.8. The van der Waals surface area contributed by atoms with E-state index in [4.69, 9.17) is 14.4 Å². The molecule has 0 unspecified atom stereocenters. The summed E-state index contributed by atoms with van der Waals surface area (Å²) < 4.78 is 23.5. The molecule has 0 radical (unpaired) electrons. The molecule has 0 saturated heterocycles. The Balaban J connectivity index is 1.99. The molecule has 122 valence electrons. The van der Waals surface area contributed by atoms with E-state index in [2.05, 4.69) is 10.5 Å². The van der Waals surface area contributed by atoms with Crippen LogP contribution >= 0.6 is 0 Å². The highest BCUT2D eigenvalue weighted by atomic mass is 19.1. The van der Waals surface area contributed by atoms with E-state index < -0.39 is 23.2 Å². The Hall–Kier alpha value is -2.90. The number of ether oxygens (including phenoxy) is 1. The summed E-state index contributed by atoms with van der Waals surface area (Å²) in [7, 11) is 0. The molecule has 23 heavy (non-hydrogen) atoms. The van der Waals surface area contributed by atoms with Gasteiger partial charge < -0.3 is 19.7 Å². The molecule has 0 aliphatic rings. The second-order valence-corrected chi connectivity index (χ2v) is 5.28. The van der Waals surface area contributed by atoms with Crippen LogP contribution in [0.25, 0.3) is 0 Å². The Morgan fingerprint density at radius 1 is 1.39 bits per heavy atom. The molecule has 0 aliphatic heterocycles. The fourth-order valence-electron chi connectivity index (χ4n) is 1.60. The minimum Gasteiger partial charge on any atom is -0.482 e. The van der Waals surface area contributed by atoms with Crippen molar-refractivity contribution < 1.29 is 28.3 Å². The third-order valence-corrected chi connectivity index (χ3v) is 2.96. The monoisotopic (exact) mass is 322 g/mol. The highest BCUT2D eigenvalue weighted by molar-refractivity contribution is 5.96. The third-order valence-electron chi connectivity index (χ3n) is 2.96. The summed E-state index contributed by atoms with van der Waals surface area (Å²) in [5, 5.41) is 14.8. The molecule has 7 nitrogen and oxygen atoms in total. The van der Waals surface area contributed by atoms with Gasteiger partial charge in [0, 0.05) is 6.07 Å². The van der Waals surface area contributed by atoms with Crippen molar-refractivity contribution in [3.63, 3.8) is 0 Å². The Kier molecular flexibility index (Phi) is 4.63. The molecule has 1 aromatic carbocycles. The fourth-order valence-corrected chi connectivity index (χ4v) is 1.60. The number of carbonyl (C=O) groups is 2. The van der Waals surface area contributed by atoms with Gasteiger partial charge in [0.2, 0.25) is 0 Å². The van der Waals surface area contributed by atoms with E-state index in [-0.39, 0.29) is 23.8 Å². The van der Waals surface area contributed by atoms with Crippen LogP contribution in [0.15, 0.2) is 34.9 Å². The molecule has 0 saturated carbocycles. The fraction of sp³-hybridized carbons (Fsp3) is 0.267. The van der Waals surface area contributed by atoms with Gasteiger partial charge in [-0.2, -0.15) is 0 Å². The van der Waals surface area contributed by atoms with Gasteiger partial charge in [0.1, 0.15) is 12.1 Å². The van der Waals surface area contributed by atoms with Crippen LogP contribution in [0.1, 0.15) is 30.1 Å². The van der Waals surface area contributed by atoms with Gasteiger partial charge >= 0.3 is 5.97 Å². The van der Waals surface area contributed by atoms with E-state index >= 15 is 0 Å². The zero-order valence-corrected chi connectivity index (χ0v) is 12.5. The maximum atomic E-state index is 13.4. The second kappa shape index (κ2) is 6.47. The van der Waals surface area contributed by atoms with Gasteiger partial charge in [-0.1, -0.05) is 17.3 Å². The minimum absolute atomic E-state index is 0.0434. The Morgan fingerprint density at radius 3 is 2.74 bits per heavy atom. The number of nitrogens with zero attached hydrogens (tertiary/aromatic N) is 1. The van der Waals surface area contributed by atoms with Crippen LogP contribution < -0.4 is 10.1 Å². The zero-order valence-electron chi connectivity index (χ0n) is 12.5. The van der Waals surface area contributed by atoms with Gasteiger partial charge in [0.15, 0.2) is 23.0 Å². The zero-order chi connectivity index (χ0) is 17.0. The number of benzene rings is 1. The number of aliphatic carboxylic acids is 1. The third kappa shape index (κ3) is 4.06. The van der Waals surface area contributed by atoms with Crippen LogP contribution in [0.4, 0.5) is 4.39 Å². The Labute approximate surface area is 131 Å². The molecule has 2 N–H and O–H groups in total. The summed E-state index contributed by atoms with van der Waals surface area (Å²) in [5.74, 6) is -2.16. The summed E-state index contributed by atoms with van der Waals surface area (Å²) in [5.41, 5.74) is -1.54. The molecule has 0 fully saturated rings. The number of amides is 1. The van der Waals surface area contributed by atoms with Crippen LogP contribution in [0.3, 0.4) is 0 Å². The van der Waals surface area contributed by atoms with Crippen molar-refractivity contribution in [2.24, 2.45) is 0 Å². The van der Waals surface area contributed by atoms with E-state index in [0.29, 0.717) is 0 Å². The average Bonchev–Trinajstić information content (AvgIpc) is 2.95. The average molecular weight is 322 g/mol. The van der Waals surface area contributed by atoms with Gasteiger partial charge in [-0.3, -0.25) is 4.79 Å². The van der Waals surface area contributed by atoms with Crippen LogP contribution in [0, 0.1) is 5.82 Å². The number of rotatable bonds is 6. The topological polar surface area (TPSA) is 102 Å². The SMILES string of the molecule is CC(C)(NC(=O)c1cc(COc2ccccc2F)on1)C(=O)O. The van der Waals surface area contributed by atoms with Crippen LogP contribution in [0.2, 0.25) is 0 Å². The Morgan fingerprint density at radius 2 is 2.09 bits per heavy atom. The normalized spacial score (nSPS) is 11.1. The highest BCUT2D eigenvalue weighted by Crippen LogP contribution is 2.17. The van der Waals surface area contributed by atoms with Crippen molar-refractivity contribution in [2.75, 3.05) is 0 Å². The van der Waals surface area contributed by atoms with Gasteiger partial charge in [0.25, 0.3) is 5.91 Å². The predicted octanol–water partition coefficient (Wildman–Crippen LogP) is 1.99. The second-order valence-electron chi connectivity index (χ2n) is 5.28. The van der Waals surface area contributed by atoms with Crippen molar-refractivity contribution >= 4 is 11.9 Å². The van der Waals surface area contributed by atoms with Gasteiger partial charge in [-0.25, -0.2) is 9.18 Å². The lowest BCUT2D eigenvalue weighted by Gasteiger charge is -2.19. The molecular formula is C15H15FN2O5. The molecule has 1 aromatic heterocycles. The first kappa shape index (κ1) is 16.5. The smallest absolute Gasteiger partial charge is 0.328 e. The maximum Gasteiger partial charge on any atom is 0.328 e. The van der Waals surface area contributed by atoms with Crippen molar-refractivity contribution in [3.8, 4) is 5.75 Å². The molecule has 1 amide bonds. The molecule has 2 rings (SSSR count). The summed E-state index contributed by atoms with van der Waals surface area (Å²) in [6, 6.07) is 7.15. The number of para-hydroxylation sites is 1. The van der Waals surface area contributed by atoms with Crippen molar-refractivity contribution in [3.05, 3.63) is 47.6 Å². The molecule has 0 bridgehead atoms. The van der Waals surface area contributed by atoms with Crippen molar-refractivity contribution in [2.45, 2.75) is 26.0 Å². The summed E-state index contributed by atoms with van der Waals surface area (Å²) in [6.45, 7) is 2.56. The van der Waals surface area contributed by atoms with Gasteiger partial charge in [-0.05, 0) is 26.0 Å². The van der Waals surface area contributed by atoms with E-state index in [0.717, 1.165) is 0 Å². The predicted molar refractivity (Wildman–Crippen MR) is 76.4 cm³/mol. The number of aromatic nitrogens is 1. The first-order valence-corrected chi connectivity index (χ1v) is 6.68.